The highest BCUT2D eigenvalue weighted by molar-refractivity contribution is 7.80. The van der Waals surface area contributed by atoms with Gasteiger partial charge in [-0.05, 0) is 30.6 Å². The number of rotatable bonds is 5. The molecular weight excluding hydrogens is 394 g/mol. The van der Waals surface area contributed by atoms with Crippen LogP contribution in [0.3, 0.4) is 0 Å². The summed E-state index contributed by atoms with van der Waals surface area (Å²) in [5.41, 5.74) is 8.68. The highest BCUT2D eigenvalue weighted by atomic mass is 32.1. The number of hydrazine groups is 1. The third kappa shape index (κ3) is 5.04. The molecular formula is C23H25N5OS. The van der Waals surface area contributed by atoms with E-state index < -0.39 is 0 Å². The Morgan fingerprint density at radius 3 is 2.37 bits per heavy atom. The van der Waals surface area contributed by atoms with Gasteiger partial charge < -0.3 is 5.32 Å². The first-order valence-corrected chi connectivity index (χ1v) is 10.6. The Bertz CT molecular complexity index is 997. The van der Waals surface area contributed by atoms with Crippen molar-refractivity contribution in [1.82, 2.24) is 25.9 Å². The largest absolute Gasteiger partial charge is 0.359 e. The van der Waals surface area contributed by atoms with Crippen LogP contribution in [-0.2, 0) is 6.54 Å². The van der Waals surface area contributed by atoms with E-state index in [-0.39, 0.29) is 5.91 Å². The molecule has 1 heterocycles. The summed E-state index contributed by atoms with van der Waals surface area (Å²) in [5, 5.41) is 8.38. The summed E-state index contributed by atoms with van der Waals surface area (Å²) in [5.74, 6) is -0.274. The van der Waals surface area contributed by atoms with Gasteiger partial charge >= 0.3 is 0 Å². The van der Waals surface area contributed by atoms with Crippen molar-refractivity contribution in [3.8, 4) is 11.3 Å². The second-order valence-electron chi connectivity index (χ2n) is 7.47. The van der Waals surface area contributed by atoms with Crippen LogP contribution in [0.15, 0.2) is 66.9 Å². The quantitative estimate of drug-likeness (QED) is 0.435. The summed E-state index contributed by atoms with van der Waals surface area (Å²) in [7, 11) is 0. The number of carbonyl (C=O) groups excluding carboxylic acids is 1. The maximum absolute atomic E-state index is 12.9. The van der Waals surface area contributed by atoms with Crippen molar-refractivity contribution >= 4 is 23.2 Å². The molecule has 1 amide bonds. The van der Waals surface area contributed by atoms with E-state index >= 15 is 0 Å². The Morgan fingerprint density at radius 2 is 1.67 bits per heavy atom. The van der Waals surface area contributed by atoms with Crippen LogP contribution in [0.5, 0.6) is 0 Å². The van der Waals surface area contributed by atoms with Crippen molar-refractivity contribution in [2.75, 3.05) is 0 Å². The molecule has 1 aliphatic rings. The van der Waals surface area contributed by atoms with Gasteiger partial charge in [-0.15, -0.1) is 0 Å². The molecule has 1 fully saturated rings. The SMILES string of the molecule is O=C(NNC(=S)NC1CCCC1)c1cn(Cc2ccccc2)nc1-c1ccccc1. The monoisotopic (exact) mass is 419 g/mol. The van der Waals surface area contributed by atoms with Gasteiger partial charge in [0.25, 0.3) is 5.91 Å². The van der Waals surface area contributed by atoms with Gasteiger partial charge in [-0.3, -0.25) is 20.3 Å². The lowest BCUT2D eigenvalue weighted by molar-refractivity contribution is 0.0944. The summed E-state index contributed by atoms with van der Waals surface area (Å²) in [4.78, 5) is 12.9. The van der Waals surface area contributed by atoms with Crippen LogP contribution in [0, 0.1) is 0 Å². The van der Waals surface area contributed by atoms with E-state index in [0.717, 1.165) is 24.0 Å². The summed E-state index contributed by atoms with van der Waals surface area (Å²) >= 11 is 5.32. The number of nitrogens with one attached hydrogen (secondary N) is 3. The first kappa shape index (κ1) is 20.1. The number of aromatic nitrogens is 2. The molecule has 154 valence electrons. The summed E-state index contributed by atoms with van der Waals surface area (Å²) in [6.45, 7) is 0.586. The third-order valence-corrected chi connectivity index (χ3v) is 5.44. The molecule has 1 aromatic heterocycles. The molecule has 0 unspecified atom stereocenters. The zero-order valence-corrected chi connectivity index (χ0v) is 17.5. The summed E-state index contributed by atoms with van der Waals surface area (Å²) < 4.78 is 1.79. The predicted octanol–water partition coefficient (Wildman–Crippen LogP) is 3.65. The van der Waals surface area contributed by atoms with E-state index in [2.05, 4.69) is 21.3 Å². The molecule has 0 spiro atoms. The molecule has 3 N–H and O–H groups in total. The second-order valence-corrected chi connectivity index (χ2v) is 7.88. The molecule has 4 rings (SSSR count). The van der Waals surface area contributed by atoms with Gasteiger partial charge in [0.05, 0.1) is 12.1 Å². The van der Waals surface area contributed by atoms with Crippen molar-refractivity contribution < 1.29 is 4.79 Å². The number of nitrogens with zero attached hydrogens (tertiary/aromatic N) is 2. The maximum atomic E-state index is 12.9. The van der Waals surface area contributed by atoms with Crippen molar-refractivity contribution in [1.29, 1.82) is 0 Å². The maximum Gasteiger partial charge on any atom is 0.273 e. The van der Waals surface area contributed by atoms with Gasteiger partial charge in [0.1, 0.15) is 5.69 Å². The normalized spacial score (nSPS) is 13.7. The van der Waals surface area contributed by atoms with Crippen molar-refractivity contribution in [3.63, 3.8) is 0 Å². The average Bonchev–Trinajstić information content (AvgIpc) is 3.43. The number of amides is 1. The Hall–Kier alpha value is -3.19. The molecule has 1 saturated carbocycles. The Kier molecular flexibility index (Phi) is 6.39. The minimum absolute atomic E-state index is 0.274. The number of thiocarbonyl (C=S) groups is 1. The van der Waals surface area contributed by atoms with Crippen LogP contribution in [0.25, 0.3) is 11.3 Å². The molecule has 1 aliphatic carbocycles. The molecule has 0 radical (unpaired) electrons. The van der Waals surface area contributed by atoms with Crippen LogP contribution in [0.2, 0.25) is 0 Å². The van der Waals surface area contributed by atoms with E-state index in [1.807, 2.05) is 60.7 Å². The van der Waals surface area contributed by atoms with Gasteiger partial charge in [-0.1, -0.05) is 73.5 Å². The fraction of sp³-hybridized carbons (Fsp3) is 0.261. The summed E-state index contributed by atoms with van der Waals surface area (Å²) in [6, 6.07) is 20.1. The van der Waals surface area contributed by atoms with Gasteiger partial charge in [0.2, 0.25) is 0 Å². The van der Waals surface area contributed by atoms with E-state index in [0.29, 0.717) is 29.0 Å². The lowest BCUT2D eigenvalue weighted by atomic mass is 10.1. The second kappa shape index (κ2) is 9.54. The smallest absolute Gasteiger partial charge is 0.273 e. The highest BCUT2D eigenvalue weighted by Crippen LogP contribution is 2.22. The predicted molar refractivity (Wildman–Crippen MR) is 122 cm³/mol. The van der Waals surface area contributed by atoms with Crippen molar-refractivity contribution in [2.45, 2.75) is 38.3 Å². The van der Waals surface area contributed by atoms with E-state index in [4.69, 9.17) is 12.2 Å². The van der Waals surface area contributed by atoms with Gasteiger partial charge in [0, 0.05) is 17.8 Å². The molecule has 3 aromatic rings. The lowest BCUT2D eigenvalue weighted by Gasteiger charge is -2.16. The van der Waals surface area contributed by atoms with Gasteiger partial charge in [0.15, 0.2) is 5.11 Å². The Balaban J connectivity index is 1.49. The van der Waals surface area contributed by atoms with Crippen LogP contribution in [0.4, 0.5) is 0 Å². The minimum atomic E-state index is -0.274. The average molecular weight is 420 g/mol. The highest BCUT2D eigenvalue weighted by Gasteiger charge is 2.19. The zero-order valence-electron chi connectivity index (χ0n) is 16.7. The van der Waals surface area contributed by atoms with Crippen LogP contribution in [-0.4, -0.2) is 26.8 Å². The molecule has 6 nitrogen and oxygen atoms in total. The topological polar surface area (TPSA) is 71.0 Å². The Labute approximate surface area is 181 Å². The van der Waals surface area contributed by atoms with E-state index in [9.17, 15) is 4.79 Å². The number of hydrogen-bond donors (Lipinski definition) is 3. The van der Waals surface area contributed by atoms with Crippen LogP contribution >= 0.6 is 12.2 Å². The zero-order chi connectivity index (χ0) is 20.8. The molecule has 0 atom stereocenters. The number of carbonyl (C=O) groups is 1. The first-order chi connectivity index (χ1) is 14.7. The van der Waals surface area contributed by atoms with Gasteiger partial charge in [-0.25, -0.2) is 0 Å². The fourth-order valence-corrected chi connectivity index (χ4v) is 3.94. The Morgan fingerprint density at radius 1 is 1.00 bits per heavy atom. The van der Waals surface area contributed by atoms with Crippen molar-refractivity contribution in [2.24, 2.45) is 0 Å². The minimum Gasteiger partial charge on any atom is -0.359 e. The standard InChI is InChI=1S/C23H25N5OS/c29-22(25-26-23(30)24-19-13-7-8-14-19)20-16-28(15-17-9-3-1-4-10-17)27-21(20)18-11-5-2-6-12-18/h1-6,9-12,16,19H,7-8,13-15H2,(H,25,29)(H2,24,26,30). The molecule has 30 heavy (non-hydrogen) atoms. The molecule has 0 aliphatic heterocycles. The first-order valence-electron chi connectivity index (χ1n) is 10.2. The van der Waals surface area contributed by atoms with E-state index in [1.54, 1.807) is 10.9 Å². The lowest BCUT2D eigenvalue weighted by Crippen LogP contribution is -2.49. The van der Waals surface area contributed by atoms with E-state index in [1.165, 1.54) is 12.8 Å². The van der Waals surface area contributed by atoms with Crippen LogP contribution < -0.4 is 16.2 Å². The molecule has 0 saturated heterocycles. The molecule has 2 aromatic carbocycles. The van der Waals surface area contributed by atoms with Crippen molar-refractivity contribution in [3.05, 3.63) is 78.0 Å². The third-order valence-electron chi connectivity index (χ3n) is 5.22. The fourth-order valence-electron chi connectivity index (χ4n) is 3.72. The molecule has 7 heteroatoms. The van der Waals surface area contributed by atoms with Crippen LogP contribution in [0.1, 0.15) is 41.6 Å². The summed E-state index contributed by atoms with van der Waals surface area (Å²) in [6.07, 6.45) is 6.43. The van der Waals surface area contributed by atoms with Gasteiger partial charge in [-0.2, -0.15) is 5.10 Å². The molecule has 0 bridgehead atoms. The number of hydrogen-bond acceptors (Lipinski definition) is 3. The number of benzene rings is 2.